The minimum Gasteiger partial charge on any atom is -0.394 e. The molecule has 16 heavy (non-hydrogen) atoms. The molecule has 94 valence electrons. The third-order valence-corrected chi connectivity index (χ3v) is 3.80. The zero-order chi connectivity index (χ0) is 11.8. The molecule has 0 saturated heterocycles. The monoisotopic (exact) mass is 237 g/mol. The number of halogens is 3. The van der Waals surface area contributed by atoms with Gasteiger partial charge in [-0.25, -0.2) is 0 Å². The van der Waals surface area contributed by atoms with E-state index in [2.05, 4.69) is 5.32 Å². The predicted molar refractivity (Wildman–Crippen MR) is 54.0 cm³/mol. The fourth-order valence-corrected chi connectivity index (χ4v) is 2.51. The average molecular weight is 237 g/mol. The minimum absolute atomic E-state index is 0.0475. The van der Waals surface area contributed by atoms with Crippen LogP contribution in [0.25, 0.3) is 0 Å². The molecule has 2 rings (SSSR count). The molecule has 0 heterocycles. The third kappa shape index (κ3) is 2.69. The van der Waals surface area contributed by atoms with E-state index < -0.39 is 17.6 Å². The Labute approximate surface area is 93.2 Å². The van der Waals surface area contributed by atoms with E-state index in [4.69, 9.17) is 0 Å². The van der Waals surface area contributed by atoms with Gasteiger partial charge < -0.3 is 10.4 Å². The van der Waals surface area contributed by atoms with E-state index >= 15 is 0 Å². The fraction of sp³-hybridized carbons (Fsp3) is 1.00. The van der Waals surface area contributed by atoms with Crippen molar-refractivity contribution in [3.63, 3.8) is 0 Å². The number of hydrogen-bond donors (Lipinski definition) is 2. The largest absolute Gasteiger partial charge is 0.394 e. The lowest BCUT2D eigenvalue weighted by Crippen LogP contribution is -2.53. The molecule has 0 bridgehead atoms. The van der Waals surface area contributed by atoms with Gasteiger partial charge in [0.25, 0.3) is 0 Å². The van der Waals surface area contributed by atoms with E-state index in [1.165, 1.54) is 0 Å². The summed E-state index contributed by atoms with van der Waals surface area (Å²) in [4.78, 5) is 0. The van der Waals surface area contributed by atoms with Crippen LogP contribution in [0.2, 0.25) is 0 Å². The third-order valence-electron chi connectivity index (χ3n) is 3.80. The highest BCUT2D eigenvalue weighted by atomic mass is 19.4. The van der Waals surface area contributed by atoms with Crippen molar-refractivity contribution >= 4 is 0 Å². The molecule has 0 unspecified atom stereocenters. The number of rotatable bonds is 3. The van der Waals surface area contributed by atoms with Gasteiger partial charge in [0, 0.05) is 11.6 Å². The maximum Gasteiger partial charge on any atom is 0.391 e. The van der Waals surface area contributed by atoms with Crippen LogP contribution < -0.4 is 5.32 Å². The van der Waals surface area contributed by atoms with Gasteiger partial charge in [-0.15, -0.1) is 0 Å². The Morgan fingerprint density at radius 2 is 1.69 bits per heavy atom. The van der Waals surface area contributed by atoms with E-state index in [-0.39, 0.29) is 19.4 Å². The first-order chi connectivity index (χ1) is 7.45. The van der Waals surface area contributed by atoms with Gasteiger partial charge in [0.1, 0.15) is 0 Å². The van der Waals surface area contributed by atoms with Crippen LogP contribution in [0.3, 0.4) is 0 Å². The Kier molecular flexibility index (Phi) is 3.18. The molecule has 2 fully saturated rings. The second-order valence-corrected chi connectivity index (χ2v) is 5.17. The van der Waals surface area contributed by atoms with Crippen molar-refractivity contribution in [3.8, 4) is 0 Å². The summed E-state index contributed by atoms with van der Waals surface area (Å²) >= 11 is 0. The normalized spacial score (nSPS) is 36.4. The van der Waals surface area contributed by atoms with Crippen LogP contribution in [0.15, 0.2) is 0 Å². The molecule has 2 nitrogen and oxygen atoms in total. The van der Waals surface area contributed by atoms with Crippen molar-refractivity contribution in [2.45, 2.75) is 56.3 Å². The van der Waals surface area contributed by atoms with E-state index in [0.29, 0.717) is 18.9 Å². The molecule has 0 aromatic rings. The van der Waals surface area contributed by atoms with Crippen molar-refractivity contribution in [1.29, 1.82) is 0 Å². The standard InChI is InChI=1S/C11H18F3NO/c12-11(13,14)8-3-5-10(7-16,6-4-8)15-9-1-2-9/h8-9,15-16H,1-7H2. The van der Waals surface area contributed by atoms with Gasteiger partial charge in [-0.1, -0.05) is 0 Å². The van der Waals surface area contributed by atoms with Crippen molar-refractivity contribution in [3.05, 3.63) is 0 Å². The van der Waals surface area contributed by atoms with E-state index in [1.54, 1.807) is 0 Å². The highest BCUT2D eigenvalue weighted by Crippen LogP contribution is 2.42. The summed E-state index contributed by atoms with van der Waals surface area (Å²) in [6.45, 7) is -0.0475. The zero-order valence-electron chi connectivity index (χ0n) is 9.19. The summed E-state index contributed by atoms with van der Waals surface area (Å²) in [5, 5.41) is 12.7. The lowest BCUT2D eigenvalue weighted by Gasteiger charge is -2.40. The summed E-state index contributed by atoms with van der Waals surface area (Å²) < 4.78 is 37.5. The fourth-order valence-electron chi connectivity index (χ4n) is 2.51. The van der Waals surface area contributed by atoms with Crippen LogP contribution in [-0.2, 0) is 0 Å². The second-order valence-electron chi connectivity index (χ2n) is 5.17. The maximum atomic E-state index is 12.5. The van der Waals surface area contributed by atoms with Gasteiger partial charge in [-0.2, -0.15) is 13.2 Å². The average Bonchev–Trinajstić information content (AvgIpc) is 3.01. The quantitative estimate of drug-likeness (QED) is 0.789. The Balaban J connectivity index is 1.90. The summed E-state index contributed by atoms with van der Waals surface area (Å²) in [6.07, 6.45) is -0.738. The summed E-state index contributed by atoms with van der Waals surface area (Å²) in [5.41, 5.74) is -0.442. The molecule has 0 spiro atoms. The highest BCUT2D eigenvalue weighted by Gasteiger charge is 2.46. The minimum atomic E-state index is -4.07. The molecule has 0 aromatic heterocycles. The molecule has 5 heteroatoms. The maximum absolute atomic E-state index is 12.5. The topological polar surface area (TPSA) is 32.3 Å². The lowest BCUT2D eigenvalue weighted by molar-refractivity contribution is -0.186. The highest BCUT2D eigenvalue weighted by molar-refractivity contribution is 4.98. The molecule has 2 N–H and O–H groups in total. The molecule has 2 aliphatic rings. The smallest absolute Gasteiger partial charge is 0.391 e. The van der Waals surface area contributed by atoms with Crippen LogP contribution in [0, 0.1) is 5.92 Å². The van der Waals surface area contributed by atoms with Crippen LogP contribution in [0.1, 0.15) is 38.5 Å². The van der Waals surface area contributed by atoms with Crippen LogP contribution >= 0.6 is 0 Å². The summed E-state index contributed by atoms with van der Waals surface area (Å²) in [6, 6.07) is 0.426. The SMILES string of the molecule is OCC1(NC2CC2)CCC(C(F)(F)F)CC1. The van der Waals surface area contributed by atoms with Crippen LogP contribution in [-0.4, -0.2) is 29.5 Å². The number of aliphatic hydroxyl groups excluding tert-OH is 1. The molecule has 0 aromatic carbocycles. The van der Waals surface area contributed by atoms with Crippen molar-refractivity contribution in [2.75, 3.05) is 6.61 Å². The Morgan fingerprint density at radius 3 is 2.06 bits per heavy atom. The molecule has 2 saturated carbocycles. The van der Waals surface area contributed by atoms with Gasteiger partial charge in [0.2, 0.25) is 0 Å². The first kappa shape index (κ1) is 12.2. The Bertz CT molecular complexity index is 242. The van der Waals surface area contributed by atoms with Gasteiger partial charge in [-0.05, 0) is 38.5 Å². The molecular weight excluding hydrogens is 219 g/mol. The first-order valence-electron chi connectivity index (χ1n) is 5.90. The molecule has 2 aliphatic carbocycles. The summed E-state index contributed by atoms with van der Waals surface area (Å²) in [5.74, 6) is -1.17. The van der Waals surface area contributed by atoms with Gasteiger partial charge in [-0.3, -0.25) is 0 Å². The number of hydrogen-bond acceptors (Lipinski definition) is 2. The Morgan fingerprint density at radius 1 is 1.12 bits per heavy atom. The van der Waals surface area contributed by atoms with Crippen LogP contribution in [0.4, 0.5) is 13.2 Å². The molecule has 0 amide bonds. The van der Waals surface area contributed by atoms with Crippen molar-refractivity contribution in [1.82, 2.24) is 5.32 Å². The van der Waals surface area contributed by atoms with E-state index in [1.807, 2.05) is 0 Å². The first-order valence-corrected chi connectivity index (χ1v) is 5.90. The zero-order valence-corrected chi connectivity index (χ0v) is 9.19. The van der Waals surface area contributed by atoms with Crippen LogP contribution in [0.5, 0.6) is 0 Å². The molecular formula is C11H18F3NO. The van der Waals surface area contributed by atoms with Gasteiger partial charge in [0.05, 0.1) is 12.5 Å². The predicted octanol–water partition coefficient (Wildman–Crippen LogP) is 2.22. The summed E-state index contributed by atoms with van der Waals surface area (Å²) in [7, 11) is 0. The Hall–Kier alpha value is -0.290. The molecule has 0 aliphatic heterocycles. The van der Waals surface area contributed by atoms with Crippen molar-refractivity contribution < 1.29 is 18.3 Å². The number of alkyl halides is 3. The van der Waals surface area contributed by atoms with Gasteiger partial charge >= 0.3 is 6.18 Å². The van der Waals surface area contributed by atoms with Gasteiger partial charge in [0.15, 0.2) is 0 Å². The molecule has 0 atom stereocenters. The van der Waals surface area contributed by atoms with Crippen molar-refractivity contribution in [2.24, 2.45) is 5.92 Å². The number of nitrogens with one attached hydrogen (secondary N) is 1. The molecule has 0 radical (unpaired) electrons. The lowest BCUT2D eigenvalue weighted by atomic mass is 9.76. The van der Waals surface area contributed by atoms with E-state index in [9.17, 15) is 18.3 Å². The second kappa shape index (κ2) is 4.18. The van der Waals surface area contributed by atoms with E-state index in [0.717, 1.165) is 12.8 Å². The number of aliphatic hydroxyl groups is 1.